The van der Waals surface area contributed by atoms with Crippen LogP contribution in [-0.4, -0.2) is 22.5 Å². The Balaban J connectivity index is 1.96. The number of nitrogens with one attached hydrogen (secondary N) is 1. The molecule has 23 heavy (non-hydrogen) atoms. The second-order valence-electron chi connectivity index (χ2n) is 5.15. The molecule has 0 aromatic carbocycles. The first-order chi connectivity index (χ1) is 11.2. The summed E-state index contributed by atoms with van der Waals surface area (Å²) >= 11 is 1.70. The fourth-order valence-electron chi connectivity index (χ4n) is 2.69. The van der Waals surface area contributed by atoms with E-state index in [4.69, 9.17) is 10.00 Å². The number of rotatable bonds is 4. The lowest BCUT2D eigenvalue weighted by Gasteiger charge is -2.11. The van der Waals surface area contributed by atoms with E-state index < -0.39 is 5.97 Å². The molecule has 7 heteroatoms. The molecule has 0 saturated carbocycles. The molecular weight excluding hydrogens is 312 g/mol. The van der Waals surface area contributed by atoms with Crippen LogP contribution in [0.15, 0.2) is 18.1 Å². The van der Waals surface area contributed by atoms with Gasteiger partial charge in [0.2, 0.25) is 0 Å². The molecule has 0 spiro atoms. The molecular formula is C16H16N4O2S. The van der Waals surface area contributed by atoms with Crippen molar-refractivity contribution in [3.05, 3.63) is 28.5 Å². The van der Waals surface area contributed by atoms with Gasteiger partial charge in [0.05, 0.1) is 12.0 Å². The van der Waals surface area contributed by atoms with Gasteiger partial charge in [-0.25, -0.2) is 14.8 Å². The fraction of sp³-hybridized carbons (Fsp3) is 0.375. The van der Waals surface area contributed by atoms with Crippen LogP contribution in [0.3, 0.4) is 0 Å². The summed E-state index contributed by atoms with van der Waals surface area (Å²) in [6.07, 6.45) is 7.32. The van der Waals surface area contributed by atoms with Crippen LogP contribution in [0.2, 0.25) is 0 Å². The molecule has 0 aliphatic heterocycles. The summed E-state index contributed by atoms with van der Waals surface area (Å²) in [5.41, 5.74) is 1.21. The average molecular weight is 328 g/mol. The Morgan fingerprint density at radius 3 is 3.09 bits per heavy atom. The molecule has 0 saturated heterocycles. The SMILES string of the molecule is CCOC(=O)/C(C#N)=C/Nc1ncnc2sc3c(c12)CCCC3. The number of hydrogen-bond acceptors (Lipinski definition) is 7. The Hall–Kier alpha value is -2.46. The van der Waals surface area contributed by atoms with Crippen LogP contribution in [0.5, 0.6) is 0 Å². The van der Waals surface area contributed by atoms with Crippen molar-refractivity contribution in [2.45, 2.75) is 32.6 Å². The first-order valence-electron chi connectivity index (χ1n) is 7.53. The van der Waals surface area contributed by atoms with Gasteiger partial charge in [-0.2, -0.15) is 5.26 Å². The summed E-state index contributed by atoms with van der Waals surface area (Å²) in [6, 6.07) is 1.84. The van der Waals surface area contributed by atoms with Gasteiger partial charge in [-0.05, 0) is 38.2 Å². The third-order valence-corrected chi connectivity index (χ3v) is 4.92. The van der Waals surface area contributed by atoms with Gasteiger partial charge >= 0.3 is 5.97 Å². The van der Waals surface area contributed by atoms with Gasteiger partial charge in [0.25, 0.3) is 0 Å². The quantitative estimate of drug-likeness (QED) is 0.527. The number of thiophene rings is 1. The van der Waals surface area contributed by atoms with Gasteiger partial charge in [0, 0.05) is 11.1 Å². The summed E-state index contributed by atoms with van der Waals surface area (Å²) < 4.78 is 4.85. The van der Waals surface area contributed by atoms with Gasteiger partial charge in [-0.3, -0.25) is 0 Å². The Kier molecular flexibility index (Phi) is 4.53. The zero-order valence-corrected chi connectivity index (χ0v) is 13.6. The molecule has 2 aromatic heterocycles. The molecule has 1 aliphatic carbocycles. The number of esters is 1. The summed E-state index contributed by atoms with van der Waals surface area (Å²) in [5.74, 6) is -0.00778. The van der Waals surface area contributed by atoms with Crippen molar-refractivity contribution in [3.8, 4) is 6.07 Å². The second-order valence-corrected chi connectivity index (χ2v) is 6.23. The van der Waals surface area contributed by atoms with E-state index >= 15 is 0 Å². The van der Waals surface area contributed by atoms with Gasteiger partial charge in [0.1, 0.15) is 23.0 Å². The zero-order chi connectivity index (χ0) is 16.2. The Morgan fingerprint density at radius 2 is 2.30 bits per heavy atom. The minimum absolute atomic E-state index is 0.0808. The van der Waals surface area contributed by atoms with Crippen LogP contribution in [0.25, 0.3) is 10.2 Å². The molecule has 118 valence electrons. The molecule has 6 nitrogen and oxygen atoms in total. The minimum atomic E-state index is -0.639. The predicted octanol–water partition coefficient (Wildman–Crippen LogP) is 2.95. The number of carbonyl (C=O) groups is 1. The number of hydrogen-bond donors (Lipinski definition) is 1. The van der Waals surface area contributed by atoms with E-state index in [0.717, 1.165) is 29.5 Å². The standard InChI is InChI=1S/C16H16N4O2S/c1-2-22-16(21)10(7-17)8-18-14-13-11-5-3-4-6-12(11)23-15(13)20-9-19-14/h8-9H,2-6H2,1H3,(H,18,19,20)/b10-8+. The number of aromatic nitrogens is 2. The van der Waals surface area contributed by atoms with Crippen molar-refractivity contribution in [1.29, 1.82) is 5.26 Å². The first-order valence-corrected chi connectivity index (χ1v) is 8.35. The summed E-state index contributed by atoms with van der Waals surface area (Å²) in [7, 11) is 0. The molecule has 0 bridgehead atoms. The van der Waals surface area contributed by atoms with E-state index in [9.17, 15) is 4.79 Å². The van der Waals surface area contributed by atoms with Crippen LogP contribution in [-0.2, 0) is 22.4 Å². The minimum Gasteiger partial charge on any atom is -0.462 e. The molecule has 1 aliphatic rings. The number of ether oxygens (including phenoxy) is 1. The highest BCUT2D eigenvalue weighted by Gasteiger charge is 2.19. The van der Waals surface area contributed by atoms with Crippen LogP contribution < -0.4 is 5.32 Å². The molecule has 3 rings (SSSR count). The average Bonchev–Trinajstić information content (AvgIpc) is 2.95. The van der Waals surface area contributed by atoms with Crippen molar-refractivity contribution < 1.29 is 9.53 Å². The van der Waals surface area contributed by atoms with Crippen LogP contribution in [0.1, 0.15) is 30.2 Å². The highest BCUT2D eigenvalue weighted by Crippen LogP contribution is 2.38. The smallest absolute Gasteiger partial charge is 0.350 e. The van der Waals surface area contributed by atoms with Crippen molar-refractivity contribution >= 4 is 33.3 Å². The summed E-state index contributed by atoms with van der Waals surface area (Å²) in [4.78, 5) is 22.6. The topological polar surface area (TPSA) is 87.9 Å². The van der Waals surface area contributed by atoms with Crippen LogP contribution >= 0.6 is 11.3 Å². The van der Waals surface area contributed by atoms with E-state index in [2.05, 4.69) is 15.3 Å². The third kappa shape index (κ3) is 3.03. The highest BCUT2D eigenvalue weighted by atomic mass is 32.1. The van der Waals surface area contributed by atoms with E-state index in [1.807, 2.05) is 6.07 Å². The lowest BCUT2D eigenvalue weighted by atomic mass is 9.97. The Morgan fingerprint density at radius 1 is 1.48 bits per heavy atom. The normalized spacial score (nSPS) is 14.2. The highest BCUT2D eigenvalue weighted by molar-refractivity contribution is 7.19. The number of fused-ring (bicyclic) bond motifs is 3. The molecule has 2 heterocycles. The van der Waals surface area contributed by atoms with Crippen LogP contribution in [0.4, 0.5) is 5.82 Å². The summed E-state index contributed by atoms with van der Waals surface area (Å²) in [6.45, 7) is 1.93. The van der Waals surface area contributed by atoms with Crippen molar-refractivity contribution in [2.75, 3.05) is 11.9 Å². The molecule has 0 radical (unpaired) electrons. The van der Waals surface area contributed by atoms with Gasteiger partial charge in [0.15, 0.2) is 5.57 Å². The monoisotopic (exact) mass is 328 g/mol. The molecule has 2 aromatic rings. The predicted molar refractivity (Wildman–Crippen MR) is 88.0 cm³/mol. The lowest BCUT2D eigenvalue weighted by molar-refractivity contribution is -0.138. The Labute approximate surface area is 137 Å². The first kappa shape index (κ1) is 15.4. The number of aryl methyl sites for hydroxylation is 2. The number of nitrogens with zero attached hydrogens (tertiary/aromatic N) is 3. The van der Waals surface area contributed by atoms with Gasteiger partial charge in [-0.1, -0.05) is 0 Å². The maximum absolute atomic E-state index is 11.7. The molecule has 0 atom stereocenters. The lowest BCUT2D eigenvalue weighted by Crippen LogP contribution is -2.08. The zero-order valence-electron chi connectivity index (χ0n) is 12.8. The maximum Gasteiger partial charge on any atom is 0.350 e. The molecule has 0 amide bonds. The van der Waals surface area contributed by atoms with E-state index in [1.54, 1.807) is 18.3 Å². The number of carbonyl (C=O) groups excluding carboxylic acids is 1. The van der Waals surface area contributed by atoms with Crippen molar-refractivity contribution in [1.82, 2.24) is 9.97 Å². The molecule has 0 unspecified atom stereocenters. The fourth-order valence-corrected chi connectivity index (χ4v) is 3.91. The Bertz CT molecular complexity index is 819. The number of anilines is 1. The molecule has 0 fully saturated rings. The summed E-state index contributed by atoms with van der Waals surface area (Å²) in [5, 5.41) is 13.1. The second kappa shape index (κ2) is 6.75. The number of nitriles is 1. The van der Waals surface area contributed by atoms with E-state index in [-0.39, 0.29) is 12.2 Å². The van der Waals surface area contributed by atoms with E-state index in [0.29, 0.717) is 5.82 Å². The molecule has 1 N–H and O–H groups in total. The maximum atomic E-state index is 11.7. The third-order valence-electron chi connectivity index (χ3n) is 3.72. The van der Waals surface area contributed by atoms with Gasteiger partial charge in [-0.15, -0.1) is 11.3 Å². The van der Waals surface area contributed by atoms with E-state index in [1.165, 1.54) is 29.4 Å². The van der Waals surface area contributed by atoms with Crippen LogP contribution in [0, 0.1) is 11.3 Å². The van der Waals surface area contributed by atoms with Crippen molar-refractivity contribution in [2.24, 2.45) is 0 Å². The largest absolute Gasteiger partial charge is 0.462 e. The van der Waals surface area contributed by atoms with Crippen molar-refractivity contribution in [3.63, 3.8) is 0 Å². The van der Waals surface area contributed by atoms with Gasteiger partial charge < -0.3 is 10.1 Å².